The van der Waals surface area contributed by atoms with Crippen molar-refractivity contribution in [2.45, 2.75) is 25.4 Å². The van der Waals surface area contributed by atoms with Gasteiger partial charge < -0.3 is 16.8 Å². The number of nitrogens with one attached hydrogen (secondary N) is 1. The van der Waals surface area contributed by atoms with Crippen LogP contribution < -0.4 is 16.8 Å². The van der Waals surface area contributed by atoms with Gasteiger partial charge in [0.25, 0.3) is 0 Å². The molecule has 4 nitrogen and oxygen atoms in total. The Balaban J connectivity index is 1.95. The first-order valence-electron chi connectivity index (χ1n) is 6.93. The van der Waals surface area contributed by atoms with Gasteiger partial charge in [0.2, 0.25) is 5.91 Å². The van der Waals surface area contributed by atoms with Crippen LogP contribution in [0.15, 0.2) is 54.6 Å². The maximum Gasteiger partial charge on any atom is 0.237 e. The predicted molar refractivity (Wildman–Crippen MR) is 85.7 cm³/mol. The van der Waals surface area contributed by atoms with Crippen LogP contribution in [0.25, 0.3) is 0 Å². The largest absolute Gasteiger partial charge is 0.381 e. The molecule has 0 aliphatic rings. The van der Waals surface area contributed by atoms with E-state index in [1.54, 1.807) is 6.92 Å². The molecule has 0 unspecified atom stereocenters. The maximum atomic E-state index is 11.2. The molecule has 1 amide bonds. The van der Waals surface area contributed by atoms with Crippen molar-refractivity contribution in [2.24, 2.45) is 11.5 Å². The summed E-state index contributed by atoms with van der Waals surface area (Å²) in [4.78, 5) is 11.2. The zero-order chi connectivity index (χ0) is 15.3. The SMILES string of the molecule is C[C@](N)(Cc1ccc(NCc2ccccc2)cc1)C(N)=O. The van der Waals surface area contributed by atoms with Gasteiger partial charge in [-0.2, -0.15) is 0 Å². The molecule has 4 heteroatoms. The van der Waals surface area contributed by atoms with Crippen molar-refractivity contribution >= 4 is 11.6 Å². The van der Waals surface area contributed by atoms with Crippen LogP contribution in [0.2, 0.25) is 0 Å². The standard InChI is InChI=1S/C17H21N3O/c1-17(19,16(18)21)11-13-7-9-15(10-8-13)20-12-14-5-3-2-4-6-14/h2-10,20H,11-12,19H2,1H3,(H2,18,21)/t17-/m0/s1. The Kier molecular flexibility index (Phi) is 4.60. The van der Waals surface area contributed by atoms with Gasteiger partial charge in [-0.15, -0.1) is 0 Å². The topological polar surface area (TPSA) is 81.1 Å². The summed E-state index contributed by atoms with van der Waals surface area (Å²) in [6, 6.07) is 18.1. The predicted octanol–water partition coefficient (Wildman–Crippen LogP) is 2.04. The molecule has 2 aromatic rings. The fraction of sp³-hybridized carbons (Fsp3) is 0.235. The molecule has 0 heterocycles. The van der Waals surface area contributed by atoms with Gasteiger partial charge >= 0.3 is 0 Å². The summed E-state index contributed by atoms with van der Waals surface area (Å²) in [5, 5.41) is 3.35. The van der Waals surface area contributed by atoms with Crippen molar-refractivity contribution in [1.29, 1.82) is 0 Å². The molecule has 5 N–H and O–H groups in total. The summed E-state index contributed by atoms with van der Waals surface area (Å²) in [5.41, 5.74) is 13.4. The van der Waals surface area contributed by atoms with Crippen LogP contribution in [0.3, 0.4) is 0 Å². The van der Waals surface area contributed by atoms with Gasteiger partial charge in [0, 0.05) is 12.2 Å². The van der Waals surface area contributed by atoms with Gasteiger partial charge in [-0.05, 0) is 36.6 Å². The lowest BCUT2D eigenvalue weighted by molar-refractivity contribution is -0.122. The number of primary amides is 1. The minimum absolute atomic E-state index is 0.432. The number of anilines is 1. The Bertz CT molecular complexity index is 591. The number of amides is 1. The fourth-order valence-electron chi connectivity index (χ4n) is 2.05. The van der Waals surface area contributed by atoms with Crippen LogP contribution in [0.4, 0.5) is 5.69 Å². The lowest BCUT2D eigenvalue weighted by Crippen LogP contribution is -2.51. The molecular formula is C17H21N3O. The molecule has 0 aromatic heterocycles. The lowest BCUT2D eigenvalue weighted by atomic mass is 9.93. The van der Waals surface area contributed by atoms with Crippen LogP contribution in [-0.2, 0) is 17.8 Å². The number of nitrogens with two attached hydrogens (primary N) is 2. The van der Waals surface area contributed by atoms with E-state index in [9.17, 15) is 4.79 Å². The van der Waals surface area contributed by atoms with Gasteiger partial charge in [0.15, 0.2) is 0 Å². The van der Waals surface area contributed by atoms with Crippen LogP contribution in [0.1, 0.15) is 18.1 Å². The minimum atomic E-state index is -1.01. The van der Waals surface area contributed by atoms with Crippen molar-refractivity contribution in [2.75, 3.05) is 5.32 Å². The van der Waals surface area contributed by atoms with E-state index in [1.807, 2.05) is 42.5 Å². The van der Waals surface area contributed by atoms with E-state index in [0.29, 0.717) is 6.42 Å². The summed E-state index contributed by atoms with van der Waals surface area (Å²) in [5.74, 6) is -0.492. The molecular weight excluding hydrogens is 262 g/mol. The second kappa shape index (κ2) is 6.41. The van der Waals surface area contributed by atoms with Gasteiger partial charge in [-0.1, -0.05) is 42.5 Å². The highest BCUT2D eigenvalue weighted by molar-refractivity contribution is 5.84. The third-order valence-electron chi connectivity index (χ3n) is 3.43. The molecule has 0 aliphatic carbocycles. The third kappa shape index (κ3) is 4.33. The molecule has 0 spiro atoms. The number of rotatable bonds is 6. The third-order valence-corrected chi connectivity index (χ3v) is 3.43. The molecule has 0 radical (unpaired) electrons. The van der Waals surface area contributed by atoms with Gasteiger partial charge in [-0.3, -0.25) is 4.79 Å². The summed E-state index contributed by atoms with van der Waals surface area (Å²) in [7, 11) is 0. The number of carbonyl (C=O) groups is 1. The van der Waals surface area contributed by atoms with Crippen molar-refractivity contribution in [3.05, 3.63) is 65.7 Å². The fourth-order valence-corrected chi connectivity index (χ4v) is 2.05. The highest BCUT2D eigenvalue weighted by atomic mass is 16.1. The smallest absolute Gasteiger partial charge is 0.237 e. The molecule has 110 valence electrons. The number of carbonyl (C=O) groups excluding carboxylic acids is 1. The molecule has 2 aromatic carbocycles. The van der Waals surface area contributed by atoms with Crippen molar-refractivity contribution in [3.63, 3.8) is 0 Å². The molecule has 21 heavy (non-hydrogen) atoms. The number of benzene rings is 2. The monoisotopic (exact) mass is 283 g/mol. The average Bonchev–Trinajstić information content (AvgIpc) is 2.47. The quantitative estimate of drug-likeness (QED) is 0.759. The van der Waals surface area contributed by atoms with E-state index in [1.165, 1.54) is 5.56 Å². The van der Waals surface area contributed by atoms with Crippen molar-refractivity contribution in [1.82, 2.24) is 0 Å². The second-order valence-electron chi connectivity index (χ2n) is 5.49. The molecule has 0 saturated heterocycles. The van der Waals surface area contributed by atoms with Crippen molar-refractivity contribution in [3.8, 4) is 0 Å². The Morgan fingerprint density at radius 1 is 1.05 bits per heavy atom. The molecule has 0 bridgehead atoms. The summed E-state index contributed by atoms with van der Waals surface area (Å²) in [6.07, 6.45) is 0.432. The zero-order valence-electron chi connectivity index (χ0n) is 12.2. The normalized spacial score (nSPS) is 13.4. The molecule has 2 rings (SSSR count). The molecule has 0 aliphatic heterocycles. The summed E-state index contributed by atoms with van der Waals surface area (Å²) >= 11 is 0. The van der Waals surface area contributed by atoms with E-state index in [2.05, 4.69) is 17.4 Å². The first kappa shape index (κ1) is 15.1. The summed E-state index contributed by atoms with van der Waals surface area (Å²) in [6.45, 7) is 2.42. The second-order valence-corrected chi connectivity index (χ2v) is 5.49. The highest BCUT2D eigenvalue weighted by Gasteiger charge is 2.25. The van der Waals surface area contributed by atoms with Crippen LogP contribution >= 0.6 is 0 Å². The van der Waals surface area contributed by atoms with E-state index in [0.717, 1.165) is 17.8 Å². The first-order chi connectivity index (χ1) is 9.97. The van der Waals surface area contributed by atoms with E-state index in [-0.39, 0.29) is 0 Å². The zero-order valence-corrected chi connectivity index (χ0v) is 12.2. The maximum absolute atomic E-state index is 11.2. The van der Waals surface area contributed by atoms with E-state index >= 15 is 0 Å². The van der Waals surface area contributed by atoms with E-state index < -0.39 is 11.4 Å². The van der Waals surface area contributed by atoms with Gasteiger partial charge in [0.1, 0.15) is 0 Å². The number of hydrogen-bond donors (Lipinski definition) is 3. The first-order valence-corrected chi connectivity index (χ1v) is 6.93. The van der Waals surface area contributed by atoms with Crippen LogP contribution in [0.5, 0.6) is 0 Å². The van der Waals surface area contributed by atoms with Gasteiger partial charge in [-0.25, -0.2) is 0 Å². The highest BCUT2D eigenvalue weighted by Crippen LogP contribution is 2.15. The Morgan fingerprint density at radius 2 is 1.67 bits per heavy atom. The lowest BCUT2D eigenvalue weighted by Gasteiger charge is -2.20. The minimum Gasteiger partial charge on any atom is -0.381 e. The van der Waals surface area contributed by atoms with Gasteiger partial charge in [0.05, 0.1) is 5.54 Å². The van der Waals surface area contributed by atoms with Crippen LogP contribution in [0, 0.1) is 0 Å². The molecule has 1 atom stereocenters. The van der Waals surface area contributed by atoms with Crippen molar-refractivity contribution < 1.29 is 4.79 Å². The Hall–Kier alpha value is -2.33. The molecule has 0 fully saturated rings. The number of hydrogen-bond acceptors (Lipinski definition) is 3. The van der Waals surface area contributed by atoms with E-state index in [4.69, 9.17) is 11.5 Å². The Morgan fingerprint density at radius 3 is 2.24 bits per heavy atom. The average molecular weight is 283 g/mol. The summed E-state index contributed by atoms with van der Waals surface area (Å²) < 4.78 is 0. The Labute approximate surface area is 125 Å². The molecule has 0 saturated carbocycles. The van der Waals surface area contributed by atoms with Crippen LogP contribution in [-0.4, -0.2) is 11.4 Å².